The highest BCUT2D eigenvalue weighted by atomic mass is 35.5. The third kappa shape index (κ3) is 5.59. The van der Waals surface area contributed by atoms with Crippen LogP contribution in [-0.2, 0) is 17.1 Å². The van der Waals surface area contributed by atoms with Crippen molar-refractivity contribution in [3.05, 3.63) is 71.5 Å². The van der Waals surface area contributed by atoms with Crippen LogP contribution in [0.25, 0.3) is 11.3 Å². The monoisotopic (exact) mass is 553 g/mol. The van der Waals surface area contributed by atoms with Crippen LogP contribution < -0.4 is 14.4 Å². The van der Waals surface area contributed by atoms with Gasteiger partial charge >= 0.3 is 0 Å². The Labute approximate surface area is 226 Å². The fourth-order valence-corrected chi connectivity index (χ4v) is 5.35. The first-order valence-electron chi connectivity index (χ1n) is 12.1. The molecule has 1 fully saturated rings. The molecule has 2 aromatic carbocycles. The Morgan fingerprint density at radius 3 is 2.47 bits per heavy atom. The number of benzene rings is 2. The maximum absolute atomic E-state index is 13.0. The van der Waals surface area contributed by atoms with Crippen LogP contribution in [0, 0.1) is 6.92 Å². The van der Waals surface area contributed by atoms with E-state index in [1.54, 1.807) is 7.05 Å². The van der Waals surface area contributed by atoms with Crippen LogP contribution in [0.15, 0.2) is 65.8 Å². The molecular weight excluding hydrogens is 526 g/mol. The molecule has 38 heavy (non-hydrogen) atoms. The molecule has 198 valence electrons. The van der Waals surface area contributed by atoms with Gasteiger partial charge < -0.3 is 14.5 Å². The number of nitrogens with one attached hydrogen (secondary N) is 1. The molecule has 3 heterocycles. The minimum Gasteiger partial charge on any atom is -0.437 e. The van der Waals surface area contributed by atoms with Gasteiger partial charge in [-0.1, -0.05) is 41.9 Å². The zero-order valence-corrected chi connectivity index (χ0v) is 22.9. The van der Waals surface area contributed by atoms with Crippen molar-refractivity contribution in [1.82, 2.24) is 24.6 Å². The molecule has 0 spiro atoms. The minimum atomic E-state index is -4.00. The van der Waals surface area contributed by atoms with Crippen LogP contribution in [0.3, 0.4) is 0 Å². The Morgan fingerprint density at radius 2 is 1.76 bits per heavy atom. The summed E-state index contributed by atoms with van der Waals surface area (Å²) in [5, 5.41) is 4.12. The molecule has 1 aliphatic rings. The summed E-state index contributed by atoms with van der Waals surface area (Å²) in [6.07, 6.45) is 2.64. The van der Waals surface area contributed by atoms with Crippen LogP contribution >= 0.6 is 11.6 Å². The predicted molar refractivity (Wildman–Crippen MR) is 147 cm³/mol. The van der Waals surface area contributed by atoms with Gasteiger partial charge in [0.1, 0.15) is 15.7 Å². The quantitative estimate of drug-likeness (QED) is 0.363. The van der Waals surface area contributed by atoms with E-state index in [-0.39, 0.29) is 21.7 Å². The van der Waals surface area contributed by atoms with Crippen molar-refractivity contribution in [3.63, 3.8) is 0 Å². The van der Waals surface area contributed by atoms with E-state index in [9.17, 15) is 8.42 Å². The molecule has 0 aliphatic carbocycles. The largest absolute Gasteiger partial charge is 0.437 e. The number of hydrogen-bond donors (Lipinski definition) is 1. The third-order valence-electron chi connectivity index (χ3n) is 6.34. The van der Waals surface area contributed by atoms with E-state index >= 15 is 0 Å². The van der Waals surface area contributed by atoms with E-state index in [0.717, 1.165) is 43.0 Å². The second-order valence-electron chi connectivity index (χ2n) is 9.17. The Morgan fingerprint density at radius 1 is 1.00 bits per heavy atom. The molecule has 0 bridgehead atoms. The van der Waals surface area contributed by atoms with Crippen molar-refractivity contribution in [3.8, 4) is 22.9 Å². The molecule has 5 rings (SSSR count). The number of halogens is 1. The molecule has 4 aromatic rings. The summed E-state index contributed by atoms with van der Waals surface area (Å²) in [4.78, 5) is 13.4. The van der Waals surface area contributed by atoms with Crippen molar-refractivity contribution in [2.24, 2.45) is 7.05 Å². The molecule has 0 amide bonds. The van der Waals surface area contributed by atoms with Gasteiger partial charge in [0.15, 0.2) is 0 Å². The fraction of sp³-hybridized carbons (Fsp3) is 0.269. The topological polar surface area (TPSA) is 105 Å². The standard InChI is InChI=1S/C26H28ClN7O3S/c1-18-7-4-5-10-22(18)24-23(27)25(30-26(29-24)31-38(35,36)21-16-28-33(3)17-21)37-20-9-6-8-19(15-20)34-13-11-32(2)12-14-34/h4-10,15-17H,11-14H2,1-3H3,(H,29,30,31). The summed E-state index contributed by atoms with van der Waals surface area (Å²) < 4.78 is 36.0. The van der Waals surface area contributed by atoms with Crippen molar-refractivity contribution >= 4 is 33.3 Å². The van der Waals surface area contributed by atoms with Crippen LogP contribution in [0.5, 0.6) is 11.6 Å². The smallest absolute Gasteiger partial charge is 0.267 e. The summed E-state index contributed by atoms with van der Waals surface area (Å²) in [6, 6.07) is 15.2. The lowest BCUT2D eigenvalue weighted by Gasteiger charge is -2.34. The number of hydrogen-bond acceptors (Lipinski definition) is 8. The van der Waals surface area contributed by atoms with Gasteiger partial charge in [-0.15, -0.1) is 0 Å². The van der Waals surface area contributed by atoms with Crippen LogP contribution in [0.1, 0.15) is 5.56 Å². The summed E-state index contributed by atoms with van der Waals surface area (Å²) in [5.74, 6) is 0.403. The number of ether oxygens (including phenoxy) is 1. The molecule has 1 aliphatic heterocycles. The van der Waals surface area contributed by atoms with Gasteiger partial charge in [-0.3, -0.25) is 4.68 Å². The Kier molecular flexibility index (Phi) is 7.24. The van der Waals surface area contributed by atoms with Gasteiger partial charge in [-0.25, -0.2) is 18.1 Å². The average Bonchev–Trinajstić information content (AvgIpc) is 3.34. The molecule has 10 nitrogen and oxygen atoms in total. The van der Waals surface area contributed by atoms with E-state index in [2.05, 4.69) is 36.6 Å². The Bertz CT molecular complexity index is 1570. The maximum Gasteiger partial charge on any atom is 0.267 e. The minimum absolute atomic E-state index is 0.0154. The number of likely N-dealkylation sites (N-methyl/N-ethyl adjacent to an activating group) is 1. The molecule has 1 saturated heterocycles. The number of aryl methyl sites for hydroxylation is 2. The lowest BCUT2D eigenvalue weighted by molar-refractivity contribution is 0.312. The van der Waals surface area contributed by atoms with Gasteiger partial charge in [0.2, 0.25) is 11.8 Å². The number of nitrogens with zero attached hydrogens (tertiary/aromatic N) is 6. The summed E-state index contributed by atoms with van der Waals surface area (Å²) in [6.45, 7) is 5.69. The van der Waals surface area contributed by atoms with E-state index < -0.39 is 10.0 Å². The van der Waals surface area contributed by atoms with Gasteiger partial charge in [0.05, 0.1) is 11.9 Å². The molecule has 0 radical (unpaired) electrons. The number of aromatic nitrogens is 4. The lowest BCUT2D eigenvalue weighted by atomic mass is 10.1. The summed E-state index contributed by atoms with van der Waals surface area (Å²) in [5.41, 5.74) is 3.03. The summed E-state index contributed by atoms with van der Waals surface area (Å²) >= 11 is 6.78. The number of anilines is 2. The van der Waals surface area contributed by atoms with E-state index in [1.165, 1.54) is 17.1 Å². The molecular formula is C26H28ClN7O3S. The maximum atomic E-state index is 13.0. The fourth-order valence-electron chi connectivity index (χ4n) is 4.19. The zero-order chi connectivity index (χ0) is 26.9. The van der Waals surface area contributed by atoms with Gasteiger partial charge in [-0.2, -0.15) is 10.1 Å². The SMILES string of the molecule is Cc1ccccc1-c1nc(NS(=O)(=O)c2cnn(C)c2)nc(Oc2cccc(N3CCN(C)CC3)c2)c1Cl. The Balaban J connectivity index is 1.52. The van der Waals surface area contributed by atoms with Crippen LogP contribution in [0.2, 0.25) is 5.02 Å². The number of piperazine rings is 1. The second kappa shape index (κ2) is 10.6. The lowest BCUT2D eigenvalue weighted by Crippen LogP contribution is -2.44. The van der Waals surface area contributed by atoms with Gasteiger partial charge in [0, 0.05) is 56.7 Å². The number of sulfonamides is 1. The highest BCUT2D eigenvalue weighted by Gasteiger charge is 2.23. The van der Waals surface area contributed by atoms with Gasteiger partial charge in [-0.05, 0) is 31.7 Å². The Hall–Kier alpha value is -3.67. The first-order valence-corrected chi connectivity index (χ1v) is 13.9. The van der Waals surface area contributed by atoms with Crippen LogP contribution in [0.4, 0.5) is 11.6 Å². The highest BCUT2D eigenvalue weighted by molar-refractivity contribution is 7.92. The second-order valence-corrected chi connectivity index (χ2v) is 11.2. The van der Waals surface area contributed by atoms with Crippen molar-refractivity contribution in [1.29, 1.82) is 0 Å². The normalized spacial score (nSPS) is 14.5. The molecule has 0 saturated carbocycles. The first kappa shape index (κ1) is 26.0. The number of rotatable bonds is 7. The molecule has 1 N–H and O–H groups in total. The molecule has 0 atom stereocenters. The zero-order valence-electron chi connectivity index (χ0n) is 21.3. The van der Waals surface area contributed by atoms with E-state index in [4.69, 9.17) is 16.3 Å². The molecule has 12 heteroatoms. The van der Waals surface area contributed by atoms with Crippen molar-refractivity contribution in [2.45, 2.75) is 11.8 Å². The molecule has 0 unspecified atom stereocenters. The first-order chi connectivity index (χ1) is 18.2. The van der Waals surface area contributed by atoms with Crippen molar-refractivity contribution < 1.29 is 13.2 Å². The van der Waals surface area contributed by atoms with Crippen molar-refractivity contribution in [2.75, 3.05) is 42.8 Å². The predicted octanol–water partition coefficient (Wildman–Crippen LogP) is 4.18. The average molecular weight is 554 g/mol. The third-order valence-corrected chi connectivity index (χ3v) is 7.96. The van der Waals surface area contributed by atoms with Gasteiger partial charge in [0.25, 0.3) is 10.0 Å². The highest BCUT2D eigenvalue weighted by Crippen LogP contribution is 2.38. The van der Waals surface area contributed by atoms with E-state index in [0.29, 0.717) is 11.4 Å². The van der Waals surface area contributed by atoms with Crippen LogP contribution in [-0.4, -0.2) is 66.3 Å². The summed E-state index contributed by atoms with van der Waals surface area (Å²) in [7, 11) is -0.251. The van der Waals surface area contributed by atoms with E-state index in [1.807, 2.05) is 55.5 Å². The molecule has 2 aromatic heterocycles.